The summed E-state index contributed by atoms with van der Waals surface area (Å²) in [5, 5.41) is 2.25. The molecule has 0 fully saturated rings. The number of ether oxygens (including phenoxy) is 1. The van der Waals surface area contributed by atoms with Crippen LogP contribution in [0.5, 0.6) is 5.75 Å². The summed E-state index contributed by atoms with van der Waals surface area (Å²) in [5.41, 5.74) is 7.52. The average molecular weight is 268 g/mol. The van der Waals surface area contributed by atoms with E-state index in [1.54, 1.807) is 7.11 Å². The molecule has 0 saturated carbocycles. The Morgan fingerprint density at radius 3 is 2.65 bits per heavy atom. The number of aromatic nitrogens is 1. The molecule has 0 aliphatic carbocycles. The van der Waals surface area contributed by atoms with Gasteiger partial charge in [-0.2, -0.15) is 4.98 Å². The Balaban J connectivity index is 2.12. The zero-order valence-electron chi connectivity index (χ0n) is 11.5. The van der Waals surface area contributed by atoms with Gasteiger partial charge in [0.05, 0.1) is 12.8 Å². The topological polar surface area (TPSA) is 61.3 Å². The standard InChI is InChI=1S/C16H16N2O2/c1-3-14-15(20-16(17)18-14)12-5-4-11-9-13(19-2)7-6-10(11)8-12/h4-9H,3H2,1-2H3,(H2,17,18). The van der Waals surface area contributed by atoms with Gasteiger partial charge in [-0.3, -0.25) is 0 Å². The van der Waals surface area contributed by atoms with E-state index in [2.05, 4.69) is 11.1 Å². The molecule has 4 nitrogen and oxygen atoms in total. The minimum Gasteiger partial charge on any atom is -0.497 e. The zero-order valence-corrected chi connectivity index (χ0v) is 11.5. The molecule has 0 spiro atoms. The summed E-state index contributed by atoms with van der Waals surface area (Å²) >= 11 is 0. The van der Waals surface area contributed by atoms with Crippen LogP contribution < -0.4 is 10.5 Å². The fraction of sp³-hybridized carbons (Fsp3) is 0.188. The predicted octanol–water partition coefficient (Wildman–Crippen LogP) is 3.65. The molecular weight excluding hydrogens is 252 g/mol. The number of anilines is 1. The number of rotatable bonds is 3. The highest BCUT2D eigenvalue weighted by atomic mass is 16.5. The van der Waals surface area contributed by atoms with Crippen molar-refractivity contribution in [1.82, 2.24) is 4.98 Å². The Kier molecular flexibility index (Phi) is 3.06. The van der Waals surface area contributed by atoms with Crippen LogP contribution >= 0.6 is 0 Å². The predicted molar refractivity (Wildman–Crippen MR) is 79.8 cm³/mol. The molecule has 0 unspecified atom stereocenters. The smallest absolute Gasteiger partial charge is 0.292 e. The van der Waals surface area contributed by atoms with E-state index in [9.17, 15) is 0 Å². The third-order valence-corrected chi connectivity index (χ3v) is 3.36. The highest BCUT2D eigenvalue weighted by molar-refractivity contribution is 5.88. The Bertz CT molecular complexity index is 762. The first kappa shape index (κ1) is 12.5. The van der Waals surface area contributed by atoms with Gasteiger partial charge in [0.1, 0.15) is 5.75 Å². The van der Waals surface area contributed by atoms with Gasteiger partial charge in [0.25, 0.3) is 6.01 Å². The molecular formula is C16H16N2O2. The Labute approximate surface area is 117 Å². The SMILES string of the molecule is CCc1nc(N)oc1-c1ccc2cc(OC)ccc2c1. The number of aryl methyl sites for hydroxylation is 1. The molecule has 102 valence electrons. The van der Waals surface area contributed by atoms with E-state index in [0.717, 1.165) is 40.0 Å². The number of nitrogens with two attached hydrogens (primary N) is 1. The number of fused-ring (bicyclic) bond motifs is 1. The first-order valence-corrected chi connectivity index (χ1v) is 6.54. The molecule has 2 N–H and O–H groups in total. The van der Waals surface area contributed by atoms with Crippen molar-refractivity contribution < 1.29 is 9.15 Å². The van der Waals surface area contributed by atoms with Crippen LogP contribution in [0.3, 0.4) is 0 Å². The summed E-state index contributed by atoms with van der Waals surface area (Å²) < 4.78 is 10.8. The van der Waals surface area contributed by atoms with Crippen molar-refractivity contribution in [3.63, 3.8) is 0 Å². The monoisotopic (exact) mass is 268 g/mol. The third-order valence-electron chi connectivity index (χ3n) is 3.36. The Hall–Kier alpha value is -2.49. The maximum Gasteiger partial charge on any atom is 0.292 e. The normalized spacial score (nSPS) is 10.9. The van der Waals surface area contributed by atoms with Crippen LogP contribution in [-0.4, -0.2) is 12.1 Å². The highest BCUT2D eigenvalue weighted by Gasteiger charge is 2.12. The number of methoxy groups -OCH3 is 1. The minimum absolute atomic E-state index is 0.215. The summed E-state index contributed by atoms with van der Waals surface area (Å²) in [5.74, 6) is 1.60. The summed E-state index contributed by atoms with van der Waals surface area (Å²) in [4.78, 5) is 4.20. The molecule has 0 bridgehead atoms. The molecule has 0 saturated heterocycles. The van der Waals surface area contributed by atoms with Gasteiger partial charge in [-0.1, -0.05) is 25.1 Å². The molecule has 3 rings (SSSR count). The number of nitrogens with zero attached hydrogens (tertiary/aromatic N) is 1. The molecule has 0 aliphatic rings. The number of nitrogen functional groups attached to an aromatic ring is 1. The molecule has 3 aromatic rings. The van der Waals surface area contributed by atoms with Crippen molar-refractivity contribution >= 4 is 16.8 Å². The van der Waals surface area contributed by atoms with Gasteiger partial charge in [0.15, 0.2) is 5.76 Å². The van der Waals surface area contributed by atoms with Gasteiger partial charge in [0.2, 0.25) is 0 Å². The molecule has 2 aromatic carbocycles. The lowest BCUT2D eigenvalue weighted by molar-refractivity contribution is 0.415. The maximum atomic E-state index is 5.65. The van der Waals surface area contributed by atoms with Crippen LogP contribution in [0.2, 0.25) is 0 Å². The number of hydrogen-bond acceptors (Lipinski definition) is 4. The van der Waals surface area contributed by atoms with Crippen molar-refractivity contribution in [2.45, 2.75) is 13.3 Å². The molecule has 0 amide bonds. The average Bonchev–Trinajstić information content (AvgIpc) is 2.87. The van der Waals surface area contributed by atoms with E-state index < -0.39 is 0 Å². The molecule has 1 aromatic heterocycles. The van der Waals surface area contributed by atoms with Crippen molar-refractivity contribution in [3.8, 4) is 17.1 Å². The maximum absolute atomic E-state index is 5.65. The van der Waals surface area contributed by atoms with E-state index in [-0.39, 0.29) is 6.01 Å². The minimum atomic E-state index is 0.215. The second kappa shape index (κ2) is 4.89. The lowest BCUT2D eigenvalue weighted by Crippen LogP contribution is -1.86. The summed E-state index contributed by atoms with van der Waals surface area (Å²) in [6.45, 7) is 2.03. The summed E-state index contributed by atoms with van der Waals surface area (Å²) in [6, 6.07) is 12.3. The molecule has 0 atom stereocenters. The Morgan fingerprint density at radius 2 is 1.90 bits per heavy atom. The van der Waals surface area contributed by atoms with E-state index in [1.807, 2.05) is 37.3 Å². The van der Waals surface area contributed by atoms with Crippen molar-refractivity contribution in [2.75, 3.05) is 12.8 Å². The van der Waals surface area contributed by atoms with Crippen LogP contribution in [0.15, 0.2) is 40.8 Å². The van der Waals surface area contributed by atoms with Gasteiger partial charge >= 0.3 is 0 Å². The van der Waals surface area contributed by atoms with Crippen LogP contribution in [0.25, 0.3) is 22.1 Å². The zero-order chi connectivity index (χ0) is 14.1. The highest BCUT2D eigenvalue weighted by Crippen LogP contribution is 2.30. The summed E-state index contributed by atoms with van der Waals surface area (Å²) in [6.07, 6.45) is 0.788. The van der Waals surface area contributed by atoms with E-state index in [4.69, 9.17) is 14.9 Å². The van der Waals surface area contributed by atoms with Crippen LogP contribution in [0.1, 0.15) is 12.6 Å². The van der Waals surface area contributed by atoms with Crippen molar-refractivity contribution in [3.05, 3.63) is 42.1 Å². The second-order valence-electron chi connectivity index (χ2n) is 4.61. The largest absolute Gasteiger partial charge is 0.497 e. The fourth-order valence-corrected chi connectivity index (χ4v) is 2.33. The van der Waals surface area contributed by atoms with Crippen molar-refractivity contribution in [2.24, 2.45) is 0 Å². The van der Waals surface area contributed by atoms with Gasteiger partial charge in [-0.15, -0.1) is 0 Å². The van der Waals surface area contributed by atoms with Crippen molar-refractivity contribution in [1.29, 1.82) is 0 Å². The first-order valence-electron chi connectivity index (χ1n) is 6.54. The van der Waals surface area contributed by atoms with Gasteiger partial charge < -0.3 is 14.9 Å². The first-order chi connectivity index (χ1) is 9.71. The van der Waals surface area contributed by atoms with E-state index in [0.29, 0.717) is 0 Å². The number of oxazole rings is 1. The molecule has 0 aliphatic heterocycles. The molecule has 4 heteroatoms. The fourth-order valence-electron chi connectivity index (χ4n) is 2.33. The quantitative estimate of drug-likeness (QED) is 0.787. The molecule has 0 radical (unpaired) electrons. The number of benzene rings is 2. The second-order valence-corrected chi connectivity index (χ2v) is 4.61. The molecule has 1 heterocycles. The van der Waals surface area contributed by atoms with E-state index >= 15 is 0 Å². The third kappa shape index (κ3) is 2.09. The molecule has 20 heavy (non-hydrogen) atoms. The summed E-state index contributed by atoms with van der Waals surface area (Å²) in [7, 11) is 1.67. The van der Waals surface area contributed by atoms with Gasteiger partial charge in [-0.05, 0) is 35.4 Å². The van der Waals surface area contributed by atoms with Crippen LogP contribution in [0, 0.1) is 0 Å². The van der Waals surface area contributed by atoms with Gasteiger partial charge in [0, 0.05) is 5.56 Å². The lowest BCUT2D eigenvalue weighted by Gasteiger charge is -2.05. The Morgan fingerprint density at radius 1 is 1.15 bits per heavy atom. The number of hydrogen-bond donors (Lipinski definition) is 1. The van der Waals surface area contributed by atoms with Crippen LogP contribution in [-0.2, 0) is 6.42 Å². The lowest BCUT2D eigenvalue weighted by atomic mass is 10.0. The van der Waals surface area contributed by atoms with Crippen LogP contribution in [0.4, 0.5) is 6.01 Å². The van der Waals surface area contributed by atoms with E-state index in [1.165, 1.54) is 0 Å². The van der Waals surface area contributed by atoms with Gasteiger partial charge in [-0.25, -0.2) is 0 Å².